The number of hydrogen-bond acceptors (Lipinski definition) is 4. The Balaban J connectivity index is 2.70. The van der Waals surface area contributed by atoms with Gasteiger partial charge in [-0.3, -0.25) is 9.59 Å². The number of rotatable bonds is 5. The number of carbonyl (C=O) groups excluding carboxylic acids is 2. The first kappa shape index (κ1) is 15.0. The molecule has 1 rings (SSSR count). The predicted octanol–water partition coefficient (Wildman–Crippen LogP) is 0.758. The zero-order chi connectivity index (χ0) is 14.4. The van der Waals surface area contributed by atoms with Crippen molar-refractivity contribution in [2.75, 3.05) is 11.1 Å². The molecule has 0 heterocycles. The number of anilines is 1. The fraction of sp³-hybridized carbons (Fsp3) is 0.250. The third-order valence-electron chi connectivity index (χ3n) is 2.28. The van der Waals surface area contributed by atoms with Crippen molar-refractivity contribution in [2.45, 2.75) is 13.0 Å². The number of amides is 2. The van der Waals surface area contributed by atoms with Crippen LogP contribution in [-0.2, 0) is 9.59 Å². The van der Waals surface area contributed by atoms with Crippen LogP contribution in [0.4, 0.5) is 5.69 Å². The van der Waals surface area contributed by atoms with Crippen molar-refractivity contribution in [3.05, 3.63) is 29.8 Å². The standard InChI is InChI=1S/C12H14N2O4S/c1-7(15)13-10(6-19)11(16)14-9-4-2-8(3-5-9)12(17)18/h2-5,10,19H,6H2,1H3,(H,13,15)(H,14,16)(H,17,18)/t10-/m1/s1. The maximum Gasteiger partial charge on any atom is 0.335 e. The molecule has 0 aliphatic carbocycles. The van der Waals surface area contributed by atoms with Gasteiger partial charge in [0.1, 0.15) is 6.04 Å². The number of carbonyl (C=O) groups is 3. The lowest BCUT2D eigenvalue weighted by Gasteiger charge is -2.15. The minimum atomic E-state index is -1.04. The van der Waals surface area contributed by atoms with E-state index in [4.69, 9.17) is 5.11 Å². The van der Waals surface area contributed by atoms with Crippen LogP contribution in [-0.4, -0.2) is 34.7 Å². The third-order valence-corrected chi connectivity index (χ3v) is 2.64. The van der Waals surface area contributed by atoms with E-state index < -0.39 is 17.9 Å². The second-order valence-electron chi connectivity index (χ2n) is 3.81. The van der Waals surface area contributed by atoms with Crippen molar-refractivity contribution >= 4 is 36.1 Å². The van der Waals surface area contributed by atoms with Gasteiger partial charge in [-0.1, -0.05) is 0 Å². The lowest BCUT2D eigenvalue weighted by Crippen LogP contribution is -2.44. The maximum atomic E-state index is 11.8. The molecule has 2 amide bonds. The highest BCUT2D eigenvalue weighted by atomic mass is 32.1. The number of carboxylic acid groups (broad SMARTS) is 1. The molecule has 0 spiro atoms. The van der Waals surface area contributed by atoms with E-state index in [9.17, 15) is 14.4 Å². The summed E-state index contributed by atoms with van der Waals surface area (Å²) in [5.74, 6) is -1.61. The van der Waals surface area contributed by atoms with Crippen molar-refractivity contribution in [3.8, 4) is 0 Å². The van der Waals surface area contributed by atoms with E-state index in [-0.39, 0.29) is 17.2 Å². The number of thiol groups is 1. The van der Waals surface area contributed by atoms with Gasteiger partial charge in [0.25, 0.3) is 0 Å². The van der Waals surface area contributed by atoms with Crippen LogP contribution in [0.1, 0.15) is 17.3 Å². The largest absolute Gasteiger partial charge is 0.478 e. The third kappa shape index (κ3) is 4.63. The Bertz CT molecular complexity index is 487. The molecule has 102 valence electrons. The summed E-state index contributed by atoms with van der Waals surface area (Å²) >= 11 is 3.99. The second-order valence-corrected chi connectivity index (χ2v) is 4.17. The minimum Gasteiger partial charge on any atom is -0.478 e. The summed E-state index contributed by atoms with van der Waals surface area (Å²) < 4.78 is 0. The molecular weight excluding hydrogens is 268 g/mol. The molecule has 1 atom stereocenters. The van der Waals surface area contributed by atoms with E-state index in [2.05, 4.69) is 23.3 Å². The van der Waals surface area contributed by atoms with Gasteiger partial charge < -0.3 is 15.7 Å². The van der Waals surface area contributed by atoms with Crippen molar-refractivity contribution < 1.29 is 19.5 Å². The van der Waals surface area contributed by atoms with Gasteiger partial charge in [-0.2, -0.15) is 12.6 Å². The summed E-state index contributed by atoms with van der Waals surface area (Å²) in [6.07, 6.45) is 0. The molecule has 6 nitrogen and oxygen atoms in total. The van der Waals surface area contributed by atoms with Crippen molar-refractivity contribution in [3.63, 3.8) is 0 Å². The van der Waals surface area contributed by atoms with Gasteiger partial charge in [-0.25, -0.2) is 4.79 Å². The highest BCUT2D eigenvalue weighted by Crippen LogP contribution is 2.10. The first-order valence-electron chi connectivity index (χ1n) is 5.46. The molecule has 0 aliphatic heterocycles. The fourth-order valence-corrected chi connectivity index (χ4v) is 1.62. The number of aromatic carboxylic acids is 1. The van der Waals surface area contributed by atoms with Gasteiger partial charge in [0, 0.05) is 18.4 Å². The van der Waals surface area contributed by atoms with Crippen LogP contribution in [0.2, 0.25) is 0 Å². The molecule has 1 aromatic rings. The average molecular weight is 282 g/mol. The summed E-state index contributed by atoms with van der Waals surface area (Å²) in [6, 6.07) is 4.98. The van der Waals surface area contributed by atoms with E-state index in [1.165, 1.54) is 31.2 Å². The fourth-order valence-electron chi connectivity index (χ4n) is 1.36. The highest BCUT2D eigenvalue weighted by Gasteiger charge is 2.17. The molecule has 3 N–H and O–H groups in total. The lowest BCUT2D eigenvalue weighted by atomic mass is 10.2. The topological polar surface area (TPSA) is 95.5 Å². The van der Waals surface area contributed by atoms with Crippen LogP contribution in [0.3, 0.4) is 0 Å². The van der Waals surface area contributed by atoms with Crippen LogP contribution >= 0.6 is 12.6 Å². The molecule has 0 saturated heterocycles. The van der Waals surface area contributed by atoms with E-state index in [0.717, 1.165) is 0 Å². The SMILES string of the molecule is CC(=O)N[C@H](CS)C(=O)Nc1ccc(C(=O)O)cc1. The number of carboxylic acids is 1. The minimum absolute atomic E-state index is 0.130. The van der Waals surface area contributed by atoms with E-state index in [0.29, 0.717) is 5.69 Å². The maximum absolute atomic E-state index is 11.8. The second kappa shape index (κ2) is 6.79. The van der Waals surface area contributed by atoms with Gasteiger partial charge in [0.2, 0.25) is 11.8 Å². The summed E-state index contributed by atoms with van der Waals surface area (Å²) in [5.41, 5.74) is 0.581. The molecule has 0 radical (unpaired) electrons. The zero-order valence-electron chi connectivity index (χ0n) is 10.2. The Morgan fingerprint density at radius 2 is 1.84 bits per heavy atom. The highest BCUT2D eigenvalue weighted by molar-refractivity contribution is 7.80. The lowest BCUT2D eigenvalue weighted by molar-refractivity contribution is -0.124. The van der Waals surface area contributed by atoms with Crippen molar-refractivity contribution in [1.82, 2.24) is 5.32 Å². The Kier molecular flexibility index (Phi) is 5.37. The number of benzene rings is 1. The Hall–Kier alpha value is -2.02. The summed E-state index contributed by atoms with van der Waals surface area (Å²) in [5, 5.41) is 13.8. The molecule has 0 fully saturated rings. The molecule has 0 aliphatic rings. The van der Waals surface area contributed by atoms with Crippen LogP contribution in [0.15, 0.2) is 24.3 Å². The molecule has 0 saturated carbocycles. The van der Waals surface area contributed by atoms with Gasteiger partial charge in [0.05, 0.1) is 5.56 Å². The molecule has 1 aromatic carbocycles. The molecule has 7 heteroatoms. The first-order chi connectivity index (χ1) is 8.93. The summed E-state index contributed by atoms with van der Waals surface area (Å²) in [7, 11) is 0. The number of hydrogen-bond donors (Lipinski definition) is 4. The van der Waals surface area contributed by atoms with Crippen LogP contribution in [0.25, 0.3) is 0 Å². The summed E-state index contributed by atoms with van der Waals surface area (Å²) in [6.45, 7) is 1.31. The van der Waals surface area contributed by atoms with Gasteiger partial charge in [0.15, 0.2) is 0 Å². The van der Waals surface area contributed by atoms with Crippen molar-refractivity contribution in [2.24, 2.45) is 0 Å². The summed E-state index contributed by atoms with van der Waals surface area (Å²) in [4.78, 5) is 33.4. The average Bonchev–Trinajstić information content (AvgIpc) is 2.36. The van der Waals surface area contributed by atoms with Crippen molar-refractivity contribution in [1.29, 1.82) is 0 Å². The van der Waals surface area contributed by atoms with Crippen LogP contribution < -0.4 is 10.6 Å². The van der Waals surface area contributed by atoms with Crippen LogP contribution in [0, 0.1) is 0 Å². The normalized spacial score (nSPS) is 11.5. The molecule has 0 aromatic heterocycles. The van der Waals surface area contributed by atoms with E-state index in [1.54, 1.807) is 0 Å². The monoisotopic (exact) mass is 282 g/mol. The predicted molar refractivity (Wildman–Crippen MR) is 73.5 cm³/mol. The Morgan fingerprint density at radius 3 is 2.26 bits per heavy atom. The Labute approximate surface area is 115 Å². The number of nitrogens with one attached hydrogen (secondary N) is 2. The zero-order valence-corrected chi connectivity index (χ0v) is 11.1. The van der Waals surface area contributed by atoms with E-state index >= 15 is 0 Å². The Morgan fingerprint density at radius 1 is 1.26 bits per heavy atom. The van der Waals surface area contributed by atoms with E-state index in [1.807, 2.05) is 0 Å². The molecule has 19 heavy (non-hydrogen) atoms. The first-order valence-corrected chi connectivity index (χ1v) is 6.09. The smallest absolute Gasteiger partial charge is 0.335 e. The van der Waals surface area contributed by atoms with Gasteiger partial charge in [-0.15, -0.1) is 0 Å². The molecule has 0 bridgehead atoms. The van der Waals surface area contributed by atoms with Gasteiger partial charge in [-0.05, 0) is 24.3 Å². The quantitative estimate of drug-likeness (QED) is 0.600. The molecular formula is C12H14N2O4S. The molecule has 0 unspecified atom stereocenters. The van der Waals surface area contributed by atoms with Gasteiger partial charge >= 0.3 is 5.97 Å². The van der Waals surface area contributed by atoms with Crippen LogP contribution in [0.5, 0.6) is 0 Å².